The summed E-state index contributed by atoms with van der Waals surface area (Å²) in [6, 6.07) is 9.67. The Bertz CT molecular complexity index is 371. The first kappa shape index (κ1) is 11.1. The maximum atomic E-state index is 12.0. The molecule has 1 saturated carbocycles. The number of nitrogens with two attached hydrogens (primary N) is 1. The van der Waals surface area contributed by atoms with Crippen LogP contribution in [-0.2, 0) is 4.79 Å². The third kappa shape index (κ3) is 2.25. The molecule has 1 aromatic rings. The van der Waals surface area contributed by atoms with Gasteiger partial charge in [0.25, 0.3) is 0 Å². The molecule has 0 saturated heterocycles. The summed E-state index contributed by atoms with van der Waals surface area (Å²) in [7, 11) is 1.81. The fraction of sp³-hybridized carbons (Fsp3) is 0.462. The first-order valence-corrected chi connectivity index (χ1v) is 5.71. The highest BCUT2D eigenvalue weighted by molar-refractivity contribution is 5.93. The van der Waals surface area contributed by atoms with Crippen LogP contribution in [0.15, 0.2) is 30.3 Å². The molecule has 3 nitrogen and oxygen atoms in total. The Morgan fingerprint density at radius 1 is 1.38 bits per heavy atom. The van der Waals surface area contributed by atoms with Crippen molar-refractivity contribution in [1.82, 2.24) is 0 Å². The summed E-state index contributed by atoms with van der Waals surface area (Å²) in [5.74, 6) is 0.105. The molecule has 86 valence electrons. The van der Waals surface area contributed by atoms with E-state index in [9.17, 15) is 4.79 Å². The molecule has 0 bridgehead atoms. The van der Waals surface area contributed by atoms with Crippen LogP contribution in [0.25, 0.3) is 0 Å². The van der Waals surface area contributed by atoms with Crippen LogP contribution in [-0.4, -0.2) is 18.5 Å². The van der Waals surface area contributed by atoms with Gasteiger partial charge >= 0.3 is 0 Å². The van der Waals surface area contributed by atoms with Crippen LogP contribution in [0.5, 0.6) is 0 Å². The van der Waals surface area contributed by atoms with Crippen molar-refractivity contribution in [2.75, 3.05) is 11.9 Å². The van der Waals surface area contributed by atoms with Gasteiger partial charge < -0.3 is 10.6 Å². The zero-order valence-corrected chi connectivity index (χ0v) is 9.65. The van der Waals surface area contributed by atoms with Crippen molar-refractivity contribution in [3.05, 3.63) is 30.3 Å². The number of amides is 1. The quantitative estimate of drug-likeness (QED) is 0.842. The standard InChI is InChI=1S/C13H18N2O/c1-15(11-6-3-2-4-7-11)12(16)10-13(14)8-5-9-13/h2-4,6-7H,5,8-10,14H2,1H3. The number of hydrogen-bond acceptors (Lipinski definition) is 2. The number of rotatable bonds is 3. The lowest BCUT2D eigenvalue weighted by Crippen LogP contribution is -2.50. The second-order valence-electron chi connectivity index (χ2n) is 4.68. The smallest absolute Gasteiger partial charge is 0.228 e. The number of benzene rings is 1. The number of nitrogens with zero attached hydrogens (tertiary/aromatic N) is 1. The van der Waals surface area contributed by atoms with Crippen molar-refractivity contribution in [1.29, 1.82) is 0 Å². The van der Waals surface area contributed by atoms with Crippen molar-refractivity contribution in [2.45, 2.75) is 31.2 Å². The van der Waals surface area contributed by atoms with Crippen molar-refractivity contribution in [2.24, 2.45) is 5.73 Å². The van der Waals surface area contributed by atoms with E-state index >= 15 is 0 Å². The van der Waals surface area contributed by atoms with Crippen molar-refractivity contribution >= 4 is 11.6 Å². The highest BCUT2D eigenvalue weighted by atomic mass is 16.2. The lowest BCUT2D eigenvalue weighted by Gasteiger charge is -2.38. The van der Waals surface area contributed by atoms with Gasteiger partial charge in [0.05, 0.1) is 0 Å². The van der Waals surface area contributed by atoms with Gasteiger partial charge in [0.15, 0.2) is 0 Å². The molecule has 0 atom stereocenters. The summed E-state index contributed by atoms with van der Waals surface area (Å²) in [6.45, 7) is 0. The minimum atomic E-state index is -0.236. The van der Waals surface area contributed by atoms with E-state index in [0.29, 0.717) is 6.42 Å². The first-order valence-electron chi connectivity index (χ1n) is 5.71. The number of anilines is 1. The van der Waals surface area contributed by atoms with Crippen LogP contribution in [0.1, 0.15) is 25.7 Å². The zero-order valence-electron chi connectivity index (χ0n) is 9.65. The molecule has 0 unspecified atom stereocenters. The minimum Gasteiger partial charge on any atom is -0.325 e. The summed E-state index contributed by atoms with van der Waals surface area (Å²) >= 11 is 0. The fourth-order valence-corrected chi connectivity index (χ4v) is 2.02. The summed E-state index contributed by atoms with van der Waals surface area (Å²) in [5, 5.41) is 0. The molecule has 1 aliphatic carbocycles. The summed E-state index contributed by atoms with van der Waals surface area (Å²) in [6.07, 6.45) is 3.56. The predicted octanol–water partition coefficient (Wildman–Crippen LogP) is 1.92. The molecule has 0 heterocycles. The Kier molecular flexibility index (Phi) is 2.97. The third-order valence-electron chi connectivity index (χ3n) is 3.37. The van der Waals surface area contributed by atoms with E-state index in [1.165, 1.54) is 0 Å². The maximum Gasteiger partial charge on any atom is 0.228 e. The average Bonchev–Trinajstić information content (AvgIpc) is 2.27. The van der Waals surface area contributed by atoms with Crippen LogP contribution in [0.4, 0.5) is 5.69 Å². The van der Waals surface area contributed by atoms with Crippen LogP contribution >= 0.6 is 0 Å². The Balaban J connectivity index is 1.99. The van der Waals surface area contributed by atoms with E-state index in [1.54, 1.807) is 11.9 Å². The summed E-state index contributed by atoms with van der Waals surface area (Å²) < 4.78 is 0. The summed E-state index contributed by atoms with van der Waals surface area (Å²) in [5.41, 5.74) is 6.76. The molecule has 1 amide bonds. The highest BCUT2D eigenvalue weighted by Crippen LogP contribution is 2.32. The normalized spacial score (nSPS) is 17.6. The Hall–Kier alpha value is -1.35. The molecule has 2 rings (SSSR count). The molecule has 0 radical (unpaired) electrons. The van der Waals surface area contributed by atoms with E-state index in [2.05, 4.69) is 0 Å². The van der Waals surface area contributed by atoms with Gasteiger partial charge in [0.1, 0.15) is 0 Å². The van der Waals surface area contributed by atoms with E-state index < -0.39 is 0 Å². The van der Waals surface area contributed by atoms with Gasteiger partial charge in [0, 0.05) is 24.7 Å². The average molecular weight is 218 g/mol. The number of carbonyl (C=O) groups is 1. The second kappa shape index (κ2) is 4.26. The molecular formula is C13H18N2O. The molecule has 1 aliphatic rings. The lowest BCUT2D eigenvalue weighted by atomic mass is 9.75. The number of para-hydroxylation sites is 1. The van der Waals surface area contributed by atoms with Crippen molar-refractivity contribution < 1.29 is 4.79 Å². The maximum absolute atomic E-state index is 12.0. The van der Waals surface area contributed by atoms with Crippen LogP contribution in [0, 0.1) is 0 Å². The molecule has 0 aliphatic heterocycles. The SMILES string of the molecule is CN(C(=O)CC1(N)CCC1)c1ccccc1. The highest BCUT2D eigenvalue weighted by Gasteiger charge is 2.35. The van der Waals surface area contributed by atoms with Crippen LogP contribution < -0.4 is 10.6 Å². The first-order chi connectivity index (χ1) is 7.61. The molecule has 16 heavy (non-hydrogen) atoms. The van der Waals surface area contributed by atoms with Crippen molar-refractivity contribution in [3.8, 4) is 0 Å². The third-order valence-corrected chi connectivity index (χ3v) is 3.37. The molecule has 1 fully saturated rings. The Labute approximate surface area is 96.2 Å². The van der Waals surface area contributed by atoms with Crippen LogP contribution in [0.2, 0.25) is 0 Å². The molecule has 3 heteroatoms. The monoisotopic (exact) mass is 218 g/mol. The number of hydrogen-bond donors (Lipinski definition) is 1. The topological polar surface area (TPSA) is 46.3 Å². The largest absolute Gasteiger partial charge is 0.325 e. The van der Waals surface area contributed by atoms with Gasteiger partial charge in [-0.15, -0.1) is 0 Å². The molecule has 1 aromatic carbocycles. The van der Waals surface area contributed by atoms with Gasteiger partial charge in [-0.2, -0.15) is 0 Å². The van der Waals surface area contributed by atoms with Crippen molar-refractivity contribution in [3.63, 3.8) is 0 Å². The second-order valence-corrected chi connectivity index (χ2v) is 4.68. The lowest BCUT2D eigenvalue weighted by molar-refractivity contribution is -0.120. The molecule has 0 aromatic heterocycles. The Morgan fingerprint density at radius 2 is 2.00 bits per heavy atom. The van der Waals surface area contributed by atoms with Gasteiger partial charge in [-0.05, 0) is 31.4 Å². The summed E-state index contributed by atoms with van der Waals surface area (Å²) in [4.78, 5) is 13.7. The Morgan fingerprint density at radius 3 is 2.50 bits per heavy atom. The molecule has 2 N–H and O–H groups in total. The van der Waals surface area contributed by atoms with E-state index in [-0.39, 0.29) is 11.4 Å². The zero-order chi connectivity index (χ0) is 11.6. The number of carbonyl (C=O) groups excluding carboxylic acids is 1. The minimum absolute atomic E-state index is 0.105. The van der Waals surface area contributed by atoms with Gasteiger partial charge in [-0.25, -0.2) is 0 Å². The fourth-order valence-electron chi connectivity index (χ4n) is 2.02. The van der Waals surface area contributed by atoms with E-state index in [0.717, 1.165) is 24.9 Å². The van der Waals surface area contributed by atoms with Gasteiger partial charge in [0.2, 0.25) is 5.91 Å². The van der Waals surface area contributed by atoms with Gasteiger partial charge in [-0.3, -0.25) is 4.79 Å². The molecule has 0 spiro atoms. The van der Waals surface area contributed by atoms with E-state index in [1.807, 2.05) is 30.3 Å². The molecular weight excluding hydrogens is 200 g/mol. The predicted molar refractivity (Wildman–Crippen MR) is 65.2 cm³/mol. The van der Waals surface area contributed by atoms with E-state index in [4.69, 9.17) is 5.73 Å². The van der Waals surface area contributed by atoms with Gasteiger partial charge in [-0.1, -0.05) is 18.2 Å². The van der Waals surface area contributed by atoms with Crippen LogP contribution in [0.3, 0.4) is 0 Å².